The molecule has 0 atom stereocenters. The third-order valence-corrected chi connectivity index (χ3v) is 3.82. The largest absolute Gasteiger partial charge is 0.352 e. The molecular weight excluding hydrogens is 319 g/mol. The van der Waals surface area contributed by atoms with Gasteiger partial charge in [-0.3, -0.25) is 9.59 Å². The van der Waals surface area contributed by atoms with Crippen LogP contribution < -0.4 is 10.6 Å². The Morgan fingerprint density at radius 2 is 1.56 bits per heavy atom. The summed E-state index contributed by atoms with van der Waals surface area (Å²) in [5, 5.41) is 5.62. The molecule has 0 radical (unpaired) electrons. The number of carbonyl (C=O) groups excluding carboxylic acids is 2. The van der Waals surface area contributed by atoms with Crippen molar-refractivity contribution in [3.05, 3.63) is 71.0 Å². The van der Waals surface area contributed by atoms with Crippen molar-refractivity contribution in [2.75, 3.05) is 6.54 Å². The quantitative estimate of drug-likeness (QED) is 0.719. The first-order valence-electron chi connectivity index (χ1n) is 8.51. The predicted molar refractivity (Wildman–Crippen MR) is 95.9 cm³/mol. The van der Waals surface area contributed by atoms with E-state index in [0.29, 0.717) is 24.2 Å². The van der Waals surface area contributed by atoms with Gasteiger partial charge in [-0.2, -0.15) is 0 Å². The minimum Gasteiger partial charge on any atom is -0.352 e. The Hall–Kier alpha value is -2.69. The summed E-state index contributed by atoms with van der Waals surface area (Å²) >= 11 is 0. The van der Waals surface area contributed by atoms with E-state index in [-0.39, 0.29) is 17.6 Å². The Morgan fingerprint density at radius 3 is 2.20 bits per heavy atom. The second kappa shape index (κ2) is 9.57. The van der Waals surface area contributed by atoms with Gasteiger partial charge in [0, 0.05) is 24.2 Å². The molecule has 2 aromatic rings. The number of nitrogens with one attached hydrogen (secondary N) is 2. The molecule has 2 rings (SSSR count). The molecule has 0 aliphatic rings. The van der Waals surface area contributed by atoms with E-state index >= 15 is 0 Å². The molecule has 4 nitrogen and oxygen atoms in total. The lowest BCUT2D eigenvalue weighted by molar-refractivity contribution is 0.0950. The highest BCUT2D eigenvalue weighted by atomic mass is 19.1. The van der Waals surface area contributed by atoms with Gasteiger partial charge in [0.2, 0.25) is 0 Å². The third-order valence-electron chi connectivity index (χ3n) is 3.82. The molecule has 5 heteroatoms. The lowest BCUT2D eigenvalue weighted by atomic mass is 10.1. The normalized spacial score (nSPS) is 10.3. The Kier molecular flexibility index (Phi) is 7.14. The number of benzene rings is 2. The highest BCUT2D eigenvalue weighted by molar-refractivity contribution is 5.99. The molecule has 0 heterocycles. The number of carbonyl (C=O) groups is 2. The number of hydrogen-bond acceptors (Lipinski definition) is 2. The lowest BCUT2D eigenvalue weighted by Gasteiger charge is -2.08. The summed E-state index contributed by atoms with van der Waals surface area (Å²) in [5.41, 5.74) is 1.69. The van der Waals surface area contributed by atoms with Crippen molar-refractivity contribution in [1.29, 1.82) is 0 Å². The molecule has 0 bridgehead atoms. The number of rotatable bonds is 8. The van der Waals surface area contributed by atoms with Crippen molar-refractivity contribution in [2.45, 2.75) is 32.7 Å². The second-order valence-electron chi connectivity index (χ2n) is 5.85. The Morgan fingerprint density at radius 1 is 0.920 bits per heavy atom. The van der Waals surface area contributed by atoms with Gasteiger partial charge in [0.25, 0.3) is 11.8 Å². The molecule has 0 aliphatic heterocycles. The van der Waals surface area contributed by atoms with Crippen LogP contribution in [0.2, 0.25) is 0 Å². The van der Waals surface area contributed by atoms with E-state index < -0.39 is 0 Å². The molecule has 2 N–H and O–H groups in total. The standard InChI is InChI=1S/C20H23FN2O2/c1-2-3-4-12-22-19(24)16-6-5-7-17(13-16)20(25)23-14-15-8-10-18(21)11-9-15/h5-11,13H,2-4,12,14H2,1H3,(H,22,24)(H,23,25). The fourth-order valence-electron chi connectivity index (χ4n) is 2.37. The van der Waals surface area contributed by atoms with Crippen LogP contribution in [0.1, 0.15) is 52.5 Å². The first-order valence-corrected chi connectivity index (χ1v) is 8.51. The zero-order valence-corrected chi connectivity index (χ0v) is 14.3. The van der Waals surface area contributed by atoms with Crippen LogP contribution in [0.5, 0.6) is 0 Å². The molecular formula is C20H23FN2O2. The molecule has 0 aromatic heterocycles. The lowest BCUT2D eigenvalue weighted by Crippen LogP contribution is -2.26. The van der Waals surface area contributed by atoms with Crippen molar-refractivity contribution >= 4 is 11.8 Å². The highest BCUT2D eigenvalue weighted by Gasteiger charge is 2.10. The fraction of sp³-hybridized carbons (Fsp3) is 0.300. The van der Waals surface area contributed by atoms with E-state index in [4.69, 9.17) is 0 Å². The summed E-state index contributed by atoms with van der Waals surface area (Å²) in [4.78, 5) is 24.4. The molecule has 0 unspecified atom stereocenters. The van der Waals surface area contributed by atoms with Gasteiger partial charge in [-0.05, 0) is 42.3 Å². The minimum atomic E-state index is -0.312. The van der Waals surface area contributed by atoms with Crippen molar-refractivity contribution in [1.82, 2.24) is 10.6 Å². The summed E-state index contributed by atoms with van der Waals surface area (Å²) < 4.78 is 12.9. The predicted octanol–water partition coefficient (Wildman–Crippen LogP) is 3.68. The van der Waals surface area contributed by atoms with Gasteiger partial charge in [-0.25, -0.2) is 4.39 Å². The van der Waals surface area contributed by atoms with Crippen molar-refractivity contribution < 1.29 is 14.0 Å². The topological polar surface area (TPSA) is 58.2 Å². The Bertz CT molecular complexity index is 714. The maximum absolute atomic E-state index is 12.9. The summed E-state index contributed by atoms with van der Waals surface area (Å²) in [6.45, 7) is 3.04. The van der Waals surface area contributed by atoms with Crippen LogP contribution in [-0.2, 0) is 6.54 Å². The summed E-state index contributed by atoms with van der Waals surface area (Å²) in [7, 11) is 0. The minimum absolute atomic E-state index is 0.177. The molecule has 132 valence electrons. The summed E-state index contributed by atoms with van der Waals surface area (Å²) in [6.07, 6.45) is 3.12. The molecule has 0 saturated carbocycles. The van der Waals surface area contributed by atoms with E-state index in [9.17, 15) is 14.0 Å². The van der Waals surface area contributed by atoms with Crippen LogP contribution in [0, 0.1) is 5.82 Å². The molecule has 0 fully saturated rings. The van der Waals surface area contributed by atoms with Gasteiger partial charge in [-0.1, -0.05) is 38.0 Å². The molecule has 2 amide bonds. The monoisotopic (exact) mass is 342 g/mol. The SMILES string of the molecule is CCCCCNC(=O)c1cccc(C(=O)NCc2ccc(F)cc2)c1. The number of halogens is 1. The maximum Gasteiger partial charge on any atom is 0.251 e. The van der Waals surface area contributed by atoms with Gasteiger partial charge in [0.05, 0.1) is 0 Å². The van der Waals surface area contributed by atoms with Crippen molar-refractivity contribution in [3.63, 3.8) is 0 Å². The highest BCUT2D eigenvalue weighted by Crippen LogP contribution is 2.07. The average molecular weight is 342 g/mol. The number of hydrogen-bond donors (Lipinski definition) is 2. The van der Waals surface area contributed by atoms with Gasteiger partial charge < -0.3 is 10.6 Å². The Labute approximate surface area is 147 Å². The summed E-state index contributed by atoms with van der Waals surface area (Å²) in [6, 6.07) is 12.6. The van der Waals surface area contributed by atoms with Crippen LogP contribution in [0.25, 0.3) is 0 Å². The average Bonchev–Trinajstić information content (AvgIpc) is 2.64. The molecule has 0 spiro atoms. The fourth-order valence-corrected chi connectivity index (χ4v) is 2.37. The zero-order chi connectivity index (χ0) is 18.1. The smallest absolute Gasteiger partial charge is 0.251 e. The van der Waals surface area contributed by atoms with Crippen LogP contribution in [-0.4, -0.2) is 18.4 Å². The number of amides is 2. The van der Waals surface area contributed by atoms with Gasteiger partial charge in [0.1, 0.15) is 5.82 Å². The van der Waals surface area contributed by atoms with Gasteiger partial charge in [-0.15, -0.1) is 0 Å². The summed E-state index contributed by atoms with van der Waals surface area (Å²) in [5.74, 6) is -0.762. The molecule has 0 saturated heterocycles. The molecule has 25 heavy (non-hydrogen) atoms. The van der Waals surface area contributed by atoms with Crippen LogP contribution in [0.4, 0.5) is 4.39 Å². The van der Waals surface area contributed by atoms with Crippen molar-refractivity contribution in [2.24, 2.45) is 0 Å². The van der Waals surface area contributed by atoms with E-state index in [1.54, 1.807) is 36.4 Å². The van der Waals surface area contributed by atoms with Gasteiger partial charge in [0.15, 0.2) is 0 Å². The number of unbranched alkanes of at least 4 members (excludes halogenated alkanes) is 2. The third kappa shape index (κ3) is 6.03. The van der Waals surface area contributed by atoms with Crippen molar-refractivity contribution in [3.8, 4) is 0 Å². The van der Waals surface area contributed by atoms with Crippen LogP contribution in [0.15, 0.2) is 48.5 Å². The second-order valence-corrected chi connectivity index (χ2v) is 5.85. The van der Waals surface area contributed by atoms with Gasteiger partial charge >= 0.3 is 0 Å². The van der Waals surface area contributed by atoms with E-state index in [1.807, 2.05) is 0 Å². The van der Waals surface area contributed by atoms with Crippen LogP contribution in [0.3, 0.4) is 0 Å². The first-order chi connectivity index (χ1) is 12.1. The maximum atomic E-state index is 12.9. The molecule has 2 aromatic carbocycles. The van der Waals surface area contributed by atoms with Crippen LogP contribution >= 0.6 is 0 Å². The van der Waals surface area contributed by atoms with E-state index in [1.165, 1.54) is 12.1 Å². The van der Waals surface area contributed by atoms with E-state index in [2.05, 4.69) is 17.6 Å². The Balaban J connectivity index is 1.91. The van der Waals surface area contributed by atoms with E-state index in [0.717, 1.165) is 24.8 Å². The first kappa shape index (κ1) is 18.6. The molecule has 0 aliphatic carbocycles. The zero-order valence-electron chi connectivity index (χ0n) is 14.3.